The minimum Gasteiger partial charge on any atom is -0.489 e. The zero-order valence-corrected chi connectivity index (χ0v) is 22.0. The molecule has 186 valence electrons. The molecule has 0 spiro atoms. The van der Waals surface area contributed by atoms with Crippen molar-refractivity contribution in [3.63, 3.8) is 0 Å². The molecule has 0 N–H and O–H groups in total. The minimum absolute atomic E-state index is 0.318. The Labute approximate surface area is 209 Å². The van der Waals surface area contributed by atoms with E-state index in [0.29, 0.717) is 29.6 Å². The van der Waals surface area contributed by atoms with E-state index in [1.807, 2.05) is 0 Å². The lowest BCUT2D eigenvalue weighted by Gasteiger charge is -2.53. The van der Waals surface area contributed by atoms with Gasteiger partial charge < -0.3 is 9.47 Å². The van der Waals surface area contributed by atoms with E-state index in [9.17, 15) is 0 Å². The van der Waals surface area contributed by atoms with E-state index in [0.717, 1.165) is 5.75 Å². The van der Waals surface area contributed by atoms with E-state index in [4.69, 9.17) is 9.47 Å². The summed E-state index contributed by atoms with van der Waals surface area (Å²) in [5, 5.41) is 1.52. The Balaban J connectivity index is 1.59. The van der Waals surface area contributed by atoms with Crippen molar-refractivity contribution in [3.8, 4) is 5.75 Å². The maximum Gasteiger partial charge on any atom is 0.127 e. The molecule has 2 saturated carbocycles. The van der Waals surface area contributed by atoms with Crippen LogP contribution in [0.5, 0.6) is 5.75 Å². The van der Waals surface area contributed by atoms with Gasteiger partial charge in [-0.3, -0.25) is 0 Å². The summed E-state index contributed by atoms with van der Waals surface area (Å²) < 4.78 is 14.1. The molecule has 4 aliphatic rings. The second kappa shape index (κ2) is 12.7. The van der Waals surface area contributed by atoms with Crippen LogP contribution in [0.4, 0.5) is 0 Å². The van der Waals surface area contributed by atoms with Gasteiger partial charge in [0.05, 0.1) is 12.2 Å². The molecule has 0 bridgehead atoms. The van der Waals surface area contributed by atoms with Gasteiger partial charge >= 0.3 is 0 Å². The highest BCUT2D eigenvalue weighted by Crippen LogP contribution is 2.61. The Morgan fingerprint density at radius 1 is 0.529 bits per heavy atom. The van der Waals surface area contributed by atoms with Crippen molar-refractivity contribution >= 4 is 13.2 Å². The van der Waals surface area contributed by atoms with Crippen LogP contribution in [0.3, 0.4) is 0 Å². The lowest BCUT2D eigenvalue weighted by molar-refractivity contribution is -0.0538. The van der Waals surface area contributed by atoms with Gasteiger partial charge in [-0.05, 0) is 38.2 Å². The largest absolute Gasteiger partial charge is 0.489 e. The van der Waals surface area contributed by atoms with Gasteiger partial charge in [-0.25, -0.2) is 0 Å². The van der Waals surface area contributed by atoms with Crippen LogP contribution < -0.4 is 10.0 Å². The molecule has 3 fully saturated rings. The molecule has 0 aromatic heterocycles. The van der Waals surface area contributed by atoms with Crippen LogP contribution in [0.25, 0.3) is 0 Å². The number of hydrogen-bond acceptors (Lipinski definition) is 2. The first kappa shape index (κ1) is 24.6. The van der Waals surface area contributed by atoms with Gasteiger partial charge in [-0.15, -0.1) is 0 Å². The lowest BCUT2D eigenvalue weighted by atomic mass is 9.96. The van der Waals surface area contributed by atoms with Crippen molar-refractivity contribution in [2.45, 2.75) is 132 Å². The second-order valence-corrected chi connectivity index (χ2v) is 13.5. The van der Waals surface area contributed by atoms with Crippen LogP contribution in [0.1, 0.15) is 103 Å². The third-order valence-electron chi connectivity index (χ3n) is 8.55. The van der Waals surface area contributed by atoms with Crippen LogP contribution in [-0.4, -0.2) is 29.6 Å². The van der Waals surface area contributed by atoms with Gasteiger partial charge in [0.15, 0.2) is 0 Å². The van der Waals surface area contributed by atoms with Crippen LogP contribution in [0, 0.1) is 0 Å². The van der Waals surface area contributed by atoms with E-state index in [1.165, 1.54) is 108 Å². The summed E-state index contributed by atoms with van der Waals surface area (Å²) in [4.78, 5) is 0. The molecule has 3 heteroatoms. The quantitative estimate of drug-likeness (QED) is 0.347. The van der Waals surface area contributed by atoms with E-state index < -0.39 is 0 Å². The maximum absolute atomic E-state index is 7.16. The summed E-state index contributed by atoms with van der Waals surface area (Å²) in [6, 6.07) is 17.7. The third kappa shape index (κ3) is 5.99. The summed E-state index contributed by atoms with van der Waals surface area (Å²) in [5.41, 5.74) is 1.26. The first-order chi connectivity index (χ1) is 16.9. The summed E-state index contributed by atoms with van der Waals surface area (Å²) in [6.07, 6.45) is 22.7. The highest BCUT2D eigenvalue weighted by atomic mass is 31.1. The van der Waals surface area contributed by atoms with Gasteiger partial charge in [0, 0.05) is 16.6 Å². The molecule has 5 rings (SSSR count). The van der Waals surface area contributed by atoms with Gasteiger partial charge in [0.1, 0.15) is 11.9 Å². The Morgan fingerprint density at radius 2 is 1.06 bits per heavy atom. The summed E-state index contributed by atoms with van der Waals surface area (Å²) >= 11 is 0. The minimum atomic E-state index is -0.318. The van der Waals surface area contributed by atoms with Gasteiger partial charge in [-0.2, -0.15) is 0 Å². The van der Waals surface area contributed by atoms with Crippen molar-refractivity contribution in [1.82, 2.24) is 0 Å². The Hall–Kier alpha value is -1.11. The molecular weight excluding hydrogens is 435 g/mol. The van der Waals surface area contributed by atoms with Crippen LogP contribution >= 0.6 is 7.92 Å². The SMILES string of the molecule is c1ccccc2c(ccc1)OC1CCCCCCCCC3OC4CCCCCCCCC4P2C13. The molecule has 2 heterocycles. The second-order valence-electron chi connectivity index (χ2n) is 11.0. The molecule has 34 heavy (non-hydrogen) atoms. The fourth-order valence-corrected chi connectivity index (χ4v) is 10.8. The normalized spacial score (nSPS) is 34.5. The smallest absolute Gasteiger partial charge is 0.127 e. The fraction of sp³-hybridized carbons (Fsp3) is 0.677. The lowest BCUT2D eigenvalue weighted by Crippen LogP contribution is -2.55. The standard InChI is InChI=1S/C31H45O2P/c1-2-10-16-22-28-31-27(21-15-9-1)32-25-19-13-7-3-5-11-17-23-29(25)34(31)30-24-18-12-6-4-8-14-20-26(30)33-28/h3,5,7,11,13,17,19,23,26-28,30-31H,1-2,4,6,8-10,12,14-16,18,20-22,24H2. The van der Waals surface area contributed by atoms with Crippen LogP contribution in [0.15, 0.2) is 48.5 Å². The average molecular weight is 481 g/mol. The number of rotatable bonds is 0. The predicted molar refractivity (Wildman–Crippen MR) is 145 cm³/mol. The monoisotopic (exact) mass is 480 g/mol. The summed E-state index contributed by atoms with van der Waals surface area (Å²) in [7, 11) is -0.318. The zero-order chi connectivity index (χ0) is 23.0. The molecule has 2 nitrogen and oxygen atoms in total. The van der Waals surface area contributed by atoms with E-state index in [2.05, 4.69) is 48.5 Å². The molecular formula is C31H45O2P. The summed E-state index contributed by atoms with van der Waals surface area (Å²) in [6.45, 7) is 0. The maximum atomic E-state index is 7.16. The highest BCUT2D eigenvalue weighted by molar-refractivity contribution is 7.67. The highest BCUT2D eigenvalue weighted by Gasteiger charge is 2.51. The van der Waals surface area contributed by atoms with Crippen molar-refractivity contribution in [2.75, 3.05) is 0 Å². The average Bonchev–Trinajstić information content (AvgIpc) is 2.90. The molecule has 0 radical (unpaired) electrons. The molecule has 1 saturated heterocycles. The van der Waals surface area contributed by atoms with E-state index in [1.54, 1.807) is 0 Å². The number of fused-ring (bicyclic) bond motifs is 4. The first-order valence-corrected chi connectivity index (χ1v) is 15.9. The van der Waals surface area contributed by atoms with Crippen molar-refractivity contribution < 1.29 is 9.47 Å². The topological polar surface area (TPSA) is 18.5 Å². The van der Waals surface area contributed by atoms with Crippen molar-refractivity contribution in [3.05, 3.63) is 48.5 Å². The van der Waals surface area contributed by atoms with Crippen LogP contribution in [-0.2, 0) is 4.74 Å². The van der Waals surface area contributed by atoms with Crippen molar-refractivity contribution in [1.29, 1.82) is 0 Å². The molecule has 0 amide bonds. The van der Waals surface area contributed by atoms with E-state index in [-0.39, 0.29) is 7.92 Å². The number of ether oxygens (including phenoxy) is 2. The van der Waals surface area contributed by atoms with Gasteiger partial charge in [0.25, 0.3) is 0 Å². The third-order valence-corrected chi connectivity index (χ3v) is 12.1. The Morgan fingerprint density at radius 3 is 1.76 bits per heavy atom. The first-order valence-electron chi connectivity index (χ1n) is 14.4. The Bertz CT molecular complexity index is 825. The van der Waals surface area contributed by atoms with Gasteiger partial charge in [0.2, 0.25) is 0 Å². The van der Waals surface area contributed by atoms with E-state index >= 15 is 0 Å². The molecule has 1 aromatic rings. The zero-order valence-electron chi connectivity index (χ0n) is 21.1. The fourth-order valence-electron chi connectivity index (χ4n) is 6.85. The number of hydrogen-bond donors (Lipinski definition) is 0. The molecule has 2 aliphatic carbocycles. The van der Waals surface area contributed by atoms with Crippen molar-refractivity contribution in [2.24, 2.45) is 0 Å². The van der Waals surface area contributed by atoms with Crippen LogP contribution in [0.2, 0.25) is 0 Å². The van der Waals surface area contributed by atoms with Gasteiger partial charge in [-0.1, -0.05) is 121 Å². The molecule has 6 unspecified atom stereocenters. The molecule has 6 atom stereocenters. The summed E-state index contributed by atoms with van der Waals surface area (Å²) in [5.74, 6) is 1.16. The molecule has 2 aliphatic heterocycles. The molecule has 1 aromatic carbocycles. The Kier molecular flexibility index (Phi) is 9.20. The predicted octanol–water partition coefficient (Wildman–Crippen LogP) is 8.45.